The van der Waals surface area contributed by atoms with Crippen LogP contribution >= 0.6 is 15.9 Å². The second-order valence-corrected chi connectivity index (χ2v) is 9.42. The van der Waals surface area contributed by atoms with E-state index in [1.54, 1.807) is 30.3 Å². The Balaban J connectivity index is 1.96. The van der Waals surface area contributed by atoms with Crippen molar-refractivity contribution in [1.82, 2.24) is 4.98 Å². The maximum absolute atomic E-state index is 13.2. The molecule has 31 heavy (non-hydrogen) atoms. The van der Waals surface area contributed by atoms with Gasteiger partial charge in [-0.25, -0.2) is 18.2 Å². The van der Waals surface area contributed by atoms with Gasteiger partial charge in [0.2, 0.25) is 9.84 Å². The molecule has 0 aliphatic rings. The molecule has 7 nitrogen and oxygen atoms in total. The minimum absolute atomic E-state index is 0.0537. The van der Waals surface area contributed by atoms with Crippen LogP contribution < -0.4 is 10.1 Å². The molecule has 1 aromatic heterocycles. The van der Waals surface area contributed by atoms with Crippen molar-refractivity contribution in [2.45, 2.75) is 23.4 Å². The number of esters is 1. The first-order valence-corrected chi connectivity index (χ1v) is 11.5. The van der Waals surface area contributed by atoms with Gasteiger partial charge in [0.25, 0.3) is 0 Å². The number of sulfone groups is 1. The van der Waals surface area contributed by atoms with Gasteiger partial charge in [0.15, 0.2) is 5.03 Å². The van der Waals surface area contributed by atoms with Crippen LogP contribution in [0.2, 0.25) is 0 Å². The number of rotatable bonds is 7. The molecular formula is C22H21BrN2O5S. The minimum atomic E-state index is -3.85. The second-order valence-electron chi connectivity index (χ2n) is 6.64. The monoisotopic (exact) mass is 504 g/mol. The summed E-state index contributed by atoms with van der Waals surface area (Å²) in [6.45, 7) is 1.99. The molecule has 0 radical (unpaired) electrons. The highest BCUT2D eigenvalue weighted by atomic mass is 79.9. The number of nitrogens with one attached hydrogen (secondary N) is 1. The smallest absolute Gasteiger partial charge is 0.340 e. The summed E-state index contributed by atoms with van der Waals surface area (Å²) >= 11 is 3.38. The van der Waals surface area contributed by atoms with Crippen LogP contribution in [0.4, 0.5) is 5.69 Å². The van der Waals surface area contributed by atoms with Crippen LogP contribution in [-0.4, -0.2) is 33.6 Å². The van der Waals surface area contributed by atoms with Gasteiger partial charge in [0.05, 0.1) is 30.4 Å². The Kier molecular flexibility index (Phi) is 6.97. The van der Waals surface area contributed by atoms with Crippen molar-refractivity contribution in [2.24, 2.45) is 0 Å². The van der Waals surface area contributed by atoms with Crippen molar-refractivity contribution in [3.8, 4) is 5.75 Å². The molecule has 3 rings (SSSR count). The molecule has 9 heteroatoms. The Hall–Kier alpha value is -2.91. The van der Waals surface area contributed by atoms with Gasteiger partial charge in [-0.3, -0.25) is 0 Å². The van der Waals surface area contributed by atoms with E-state index in [9.17, 15) is 13.2 Å². The van der Waals surface area contributed by atoms with Crippen LogP contribution in [0, 0.1) is 6.92 Å². The van der Waals surface area contributed by atoms with E-state index < -0.39 is 15.8 Å². The summed E-state index contributed by atoms with van der Waals surface area (Å²) in [4.78, 5) is 16.5. The quantitative estimate of drug-likeness (QED) is 0.476. The highest BCUT2D eigenvalue weighted by Gasteiger charge is 2.23. The van der Waals surface area contributed by atoms with E-state index in [0.29, 0.717) is 22.6 Å². The van der Waals surface area contributed by atoms with E-state index in [1.807, 2.05) is 13.0 Å². The minimum Gasteiger partial charge on any atom is -0.497 e. The molecule has 3 aromatic rings. The van der Waals surface area contributed by atoms with E-state index in [2.05, 4.69) is 26.2 Å². The second kappa shape index (κ2) is 9.49. The lowest BCUT2D eigenvalue weighted by Gasteiger charge is -2.16. The van der Waals surface area contributed by atoms with Gasteiger partial charge < -0.3 is 14.8 Å². The van der Waals surface area contributed by atoms with Crippen LogP contribution in [-0.2, 0) is 21.1 Å². The van der Waals surface area contributed by atoms with Crippen molar-refractivity contribution in [3.05, 3.63) is 75.9 Å². The van der Waals surface area contributed by atoms with Crippen molar-refractivity contribution < 1.29 is 22.7 Å². The molecule has 1 heterocycles. The van der Waals surface area contributed by atoms with Gasteiger partial charge in [-0.2, -0.15) is 0 Å². The number of ether oxygens (including phenoxy) is 2. The molecule has 0 unspecified atom stereocenters. The average Bonchev–Trinajstić information content (AvgIpc) is 2.77. The molecule has 0 fully saturated rings. The number of aryl methyl sites for hydroxylation is 1. The summed E-state index contributed by atoms with van der Waals surface area (Å²) in [5, 5.41) is 3.12. The molecule has 0 bridgehead atoms. The third kappa shape index (κ3) is 4.88. The highest BCUT2D eigenvalue weighted by molar-refractivity contribution is 9.10. The molecule has 162 valence electrons. The lowest BCUT2D eigenvalue weighted by Crippen LogP contribution is -2.13. The number of methoxy groups -OCH3 is 2. The molecule has 1 N–H and O–H groups in total. The first-order valence-electron chi connectivity index (χ1n) is 9.23. The Morgan fingerprint density at radius 2 is 1.84 bits per heavy atom. The summed E-state index contributed by atoms with van der Waals surface area (Å²) in [7, 11) is -1.03. The lowest BCUT2D eigenvalue weighted by molar-refractivity contribution is 0.0601. The van der Waals surface area contributed by atoms with Crippen molar-refractivity contribution in [1.29, 1.82) is 0 Å². The SMILES string of the molecule is COC(=O)c1cc(Br)cc(C)c1NCc1cccnc1S(=O)(=O)c1ccc(OC)cc1. The predicted molar refractivity (Wildman–Crippen MR) is 120 cm³/mol. The van der Waals surface area contributed by atoms with Crippen molar-refractivity contribution in [3.63, 3.8) is 0 Å². The lowest BCUT2D eigenvalue weighted by atomic mass is 10.1. The molecule has 0 saturated heterocycles. The van der Waals surface area contributed by atoms with E-state index in [-0.39, 0.29) is 16.5 Å². The Morgan fingerprint density at radius 1 is 1.13 bits per heavy atom. The predicted octanol–water partition coefficient (Wildman–Crippen LogP) is 4.39. The zero-order chi connectivity index (χ0) is 22.6. The number of benzene rings is 2. The number of anilines is 1. The Bertz CT molecular complexity index is 1210. The maximum atomic E-state index is 13.2. The number of carbonyl (C=O) groups is 1. The third-order valence-electron chi connectivity index (χ3n) is 4.64. The summed E-state index contributed by atoms with van der Waals surface area (Å²) in [6.07, 6.45) is 1.44. The number of halogens is 1. The molecule has 0 saturated carbocycles. The first-order chi connectivity index (χ1) is 14.8. The van der Waals surface area contributed by atoms with Gasteiger partial charge in [-0.15, -0.1) is 0 Å². The van der Waals surface area contributed by atoms with Crippen molar-refractivity contribution in [2.75, 3.05) is 19.5 Å². The summed E-state index contributed by atoms with van der Waals surface area (Å²) in [6, 6.07) is 13.0. The fourth-order valence-corrected chi connectivity index (χ4v) is 5.07. The van der Waals surface area contributed by atoms with Gasteiger partial charge in [-0.1, -0.05) is 22.0 Å². The van der Waals surface area contributed by atoms with Crippen LogP contribution in [0.3, 0.4) is 0 Å². The molecule has 0 aliphatic heterocycles. The summed E-state index contributed by atoms with van der Waals surface area (Å²) in [5.41, 5.74) is 2.18. The molecule has 0 spiro atoms. The van der Waals surface area contributed by atoms with Crippen molar-refractivity contribution >= 4 is 37.4 Å². The average molecular weight is 505 g/mol. The topological polar surface area (TPSA) is 94.6 Å². The van der Waals surface area contributed by atoms with Crippen LogP contribution in [0.15, 0.2) is 69.1 Å². The van der Waals surface area contributed by atoms with Gasteiger partial charge >= 0.3 is 5.97 Å². The zero-order valence-electron chi connectivity index (χ0n) is 17.2. The maximum Gasteiger partial charge on any atom is 0.340 e. The molecule has 0 atom stereocenters. The van der Waals surface area contributed by atoms with Crippen LogP contribution in [0.5, 0.6) is 5.75 Å². The number of hydrogen-bond donors (Lipinski definition) is 1. The van der Waals surface area contributed by atoms with Gasteiger partial charge in [0.1, 0.15) is 5.75 Å². The van der Waals surface area contributed by atoms with E-state index in [4.69, 9.17) is 9.47 Å². The van der Waals surface area contributed by atoms with Crippen LogP contribution in [0.25, 0.3) is 0 Å². The third-order valence-corrected chi connectivity index (χ3v) is 6.86. The van der Waals surface area contributed by atoms with E-state index in [1.165, 1.54) is 32.5 Å². The van der Waals surface area contributed by atoms with Gasteiger partial charge in [-0.05, 0) is 55.0 Å². The van der Waals surface area contributed by atoms with E-state index in [0.717, 1.165) is 10.0 Å². The summed E-state index contributed by atoms with van der Waals surface area (Å²) in [5.74, 6) is 0.0621. The first kappa shape index (κ1) is 22.8. The summed E-state index contributed by atoms with van der Waals surface area (Å²) < 4.78 is 37.1. The zero-order valence-corrected chi connectivity index (χ0v) is 19.6. The Labute approximate surface area is 189 Å². The number of nitrogens with zero attached hydrogens (tertiary/aromatic N) is 1. The number of pyridine rings is 1. The van der Waals surface area contributed by atoms with Gasteiger partial charge in [0, 0.05) is 22.8 Å². The van der Waals surface area contributed by atoms with E-state index >= 15 is 0 Å². The highest BCUT2D eigenvalue weighted by Crippen LogP contribution is 2.29. The number of aromatic nitrogens is 1. The molecule has 2 aromatic carbocycles. The molecule has 0 aliphatic carbocycles. The fourth-order valence-electron chi connectivity index (χ4n) is 3.10. The fraction of sp³-hybridized carbons (Fsp3) is 0.182. The molecule has 0 amide bonds. The standard InChI is InChI=1S/C22H21BrN2O5S/c1-14-11-16(23)12-19(22(26)30-3)20(14)25-13-15-5-4-10-24-21(15)31(27,28)18-8-6-17(29-2)7-9-18/h4-12,25H,13H2,1-3H3. The van der Waals surface area contributed by atoms with Crippen LogP contribution in [0.1, 0.15) is 21.5 Å². The largest absolute Gasteiger partial charge is 0.497 e. The number of carbonyl (C=O) groups excluding carboxylic acids is 1. The molecular weight excluding hydrogens is 484 g/mol. The normalized spacial score (nSPS) is 11.1. The number of hydrogen-bond acceptors (Lipinski definition) is 7. The Morgan fingerprint density at radius 3 is 2.48 bits per heavy atom.